The van der Waals surface area contributed by atoms with Crippen molar-refractivity contribution >= 4 is 23.2 Å². The molecule has 4 rings (SSSR count). The number of nitrogens with zero attached hydrogens (tertiary/aromatic N) is 3. The molecule has 2 N–H and O–H groups in total. The van der Waals surface area contributed by atoms with E-state index in [1.165, 1.54) is 44.1 Å². The number of piperazine rings is 1. The van der Waals surface area contributed by atoms with Crippen LogP contribution in [-0.4, -0.2) is 51.9 Å². The highest BCUT2D eigenvalue weighted by molar-refractivity contribution is 5.98. The van der Waals surface area contributed by atoms with Gasteiger partial charge in [-0.2, -0.15) is 0 Å². The summed E-state index contributed by atoms with van der Waals surface area (Å²) in [6, 6.07) is 0. The molecule has 2 heterocycles. The Balaban J connectivity index is 1.59. The van der Waals surface area contributed by atoms with Gasteiger partial charge < -0.3 is 15.5 Å². The lowest BCUT2D eigenvalue weighted by Gasteiger charge is -2.40. The van der Waals surface area contributed by atoms with Crippen molar-refractivity contribution in [3.63, 3.8) is 0 Å². The smallest absolute Gasteiger partial charge is 0.275 e. The van der Waals surface area contributed by atoms with Crippen LogP contribution < -0.4 is 10.6 Å². The van der Waals surface area contributed by atoms with Gasteiger partial charge in [0.1, 0.15) is 16.9 Å². The zero-order valence-corrected chi connectivity index (χ0v) is 18.9. The molecule has 1 saturated carbocycles. The third-order valence-corrected chi connectivity index (χ3v) is 6.97. The summed E-state index contributed by atoms with van der Waals surface area (Å²) in [5, 5.41) is 6.39. The Labute approximate surface area is 185 Å². The second-order valence-corrected chi connectivity index (χ2v) is 9.58. The Morgan fingerprint density at radius 2 is 2.03 bits per heavy atom. The third kappa shape index (κ3) is 4.75. The fourth-order valence-electron chi connectivity index (χ4n) is 4.92. The normalized spacial score (nSPS) is 21.9. The van der Waals surface area contributed by atoms with Crippen molar-refractivity contribution in [2.75, 3.05) is 25.0 Å². The van der Waals surface area contributed by atoms with Crippen molar-refractivity contribution in [1.29, 1.82) is 0 Å². The number of anilines is 1. The van der Waals surface area contributed by atoms with Crippen LogP contribution in [0.4, 0.5) is 5.82 Å². The molecule has 0 radical (unpaired) electrons. The molecular formula is C24H35N5O2. The minimum atomic E-state index is -0.904. The van der Waals surface area contributed by atoms with Crippen LogP contribution in [0.2, 0.25) is 0 Å². The lowest BCUT2D eigenvalue weighted by atomic mass is 9.89. The first kappa shape index (κ1) is 21.8. The molecule has 0 unspecified atom stereocenters. The predicted octanol–water partition coefficient (Wildman–Crippen LogP) is 3.78. The molecule has 0 spiro atoms. The van der Waals surface area contributed by atoms with E-state index < -0.39 is 5.54 Å². The summed E-state index contributed by atoms with van der Waals surface area (Å²) in [7, 11) is 0. The van der Waals surface area contributed by atoms with Gasteiger partial charge in [0, 0.05) is 19.6 Å². The monoisotopic (exact) mass is 425 g/mol. The number of nitrogens with one attached hydrogen (secondary N) is 2. The van der Waals surface area contributed by atoms with Crippen LogP contribution in [0.1, 0.15) is 87.8 Å². The average molecular weight is 426 g/mol. The molecule has 3 aliphatic rings. The quantitative estimate of drug-likeness (QED) is 0.750. The molecule has 2 fully saturated rings. The summed E-state index contributed by atoms with van der Waals surface area (Å²) in [6.45, 7) is 5.38. The summed E-state index contributed by atoms with van der Waals surface area (Å²) < 4.78 is 0. The molecule has 168 valence electrons. The maximum atomic E-state index is 13.3. The number of amides is 2. The first-order chi connectivity index (χ1) is 15.0. The second-order valence-electron chi connectivity index (χ2n) is 9.58. The Hall–Kier alpha value is -2.44. The van der Waals surface area contributed by atoms with Gasteiger partial charge in [-0.15, -0.1) is 0 Å². The molecule has 0 atom stereocenters. The van der Waals surface area contributed by atoms with Gasteiger partial charge in [0.15, 0.2) is 5.82 Å². The number of rotatable bonds is 5. The molecular weight excluding hydrogens is 390 g/mol. The molecule has 1 saturated heterocycles. The van der Waals surface area contributed by atoms with E-state index in [2.05, 4.69) is 21.7 Å². The van der Waals surface area contributed by atoms with Crippen molar-refractivity contribution in [1.82, 2.24) is 20.2 Å². The van der Waals surface area contributed by atoms with Crippen LogP contribution in [0.5, 0.6) is 0 Å². The van der Waals surface area contributed by atoms with Crippen molar-refractivity contribution in [2.45, 2.75) is 77.2 Å². The maximum absolute atomic E-state index is 13.3. The number of hydrogen-bond donors (Lipinski definition) is 2. The van der Waals surface area contributed by atoms with Crippen LogP contribution in [0.25, 0.3) is 5.57 Å². The Kier molecular flexibility index (Phi) is 6.58. The fraction of sp³-hybridized carbons (Fsp3) is 0.667. The highest BCUT2D eigenvalue weighted by atomic mass is 16.2. The van der Waals surface area contributed by atoms with E-state index in [9.17, 15) is 9.59 Å². The lowest BCUT2D eigenvalue weighted by molar-refractivity contribution is -0.133. The first-order valence-corrected chi connectivity index (χ1v) is 11.9. The van der Waals surface area contributed by atoms with Crippen LogP contribution in [0, 0.1) is 5.92 Å². The van der Waals surface area contributed by atoms with Crippen LogP contribution >= 0.6 is 0 Å². The molecule has 7 nitrogen and oxygen atoms in total. The van der Waals surface area contributed by atoms with Gasteiger partial charge in [-0.25, -0.2) is 9.97 Å². The molecule has 31 heavy (non-hydrogen) atoms. The molecule has 1 aliphatic heterocycles. The van der Waals surface area contributed by atoms with E-state index in [4.69, 9.17) is 4.98 Å². The largest absolute Gasteiger partial charge is 0.368 e. The molecule has 0 aromatic carbocycles. The summed E-state index contributed by atoms with van der Waals surface area (Å²) in [5.41, 5.74) is 1.39. The Morgan fingerprint density at radius 1 is 1.23 bits per heavy atom. The number of allylic oxidation sites excluding steroid dienone is 2. The summed E-state index contributed by atoms with van der Waals surface area (Å²) in [5.74, 6) is 1.09. The van der Waals surface area contributed by atoms with E-state index in [1.807, 2.05) is 0 Å². The summed E-state index contributed by atoms with van der Waals surface area (Å²) in [4.78, 5) is 36.7. The van der Waals surface area contributed by atoms with E-state index in [0.29, 0.717) is 24.7 Å². The van der Waals surface area contributed by atoms with Gasteiger partial charge in [0.2, 0.25) is 5.91 Å². The highest BCUT2D eigenvalue weighted by Gasteiger charge is 2.41. The van der Waals surface area contributed by atoms with Crippen molar-refractivity contribution < 1.29 is 9.59 Å². The van der Waals surface area contributed by atoms with E-state index in [1.54, 1.807) is 24.9 Å². The third-order valence-electron chi connectivity index (χ3n) is 6.97. The van der Waals surface area contributed by atoms with Gasteiger partial charge in [0.05, 0.1) is 6.20 Å². The molecule has 1 aromatic heterocycles. The van der Waals surface area contributed by atoms with Crippen molar-refractivity contribution in [3.8, 4) is 0 Å². The van der Waals surface area contributed by atoms with Gasteiger partial charge >= 0.3 is 0 Å². The number of aromatic nitrogens is 2. The SMILES string of the molecule is CC1(C)C(=O)NCCN1C(=O)c1cnc(NCC2CCCCC2)c(C2=CCCCC2)n1. The minimum Gasteiger partial charge on any atom is -0.368 e. The molecule has 2 aliphatic carbocycles. The van der Waals surface area contributed by atoms with E-state index in [-0.39, 0.29) is 11.8 Å². The van der Waals surface area contributed by atoms with Crippen LogP contribution in [0.3, 0.4) is 0 Å². The fourth-order valence-corrected chi connectivity index (χ4v) is 4.92. The van der Waals surface area contributed by atoms with E-state index >= 15 is 0 Å². The Bertz CT molecular complexity index is 858. The van der Waals surface area contributed by atoms with Crippen molar-refractivity contribution in [3.05, 3.63) is 23.7 Å². The molecule has 2 amide bonds. The predicted molar refractivity (Wildman–Crippen MR) is 122 cm³/mol. The number of hydrogen-bond acceptors (Lipinski definition) is 5. The topological polar surface area (TPSA) is 87.2 Å². The average Bonchev–Trinajstić information content (AvgIpc) is 2.80. The van der Waals surface area contributed by atoms with Gasteiger partial charge in [-0.05, 0) is 63.9 Å². The van der Waals surface area contributed by atoms with Crippen LogP contribution in [0.15, 0.2) is 12.3 Å². The second kappa shape index (κ2) is 9.37. The first-order valence-electron chi connectivity index (χ1n) is 11.9. The summed E-state index contributed by atoms with van der Waals surface area (Å²) in [6.07, 6.45) is 14.6. The summed E-state index contributed by atoms with van der Waals surface area (Å²) >= 11 is 0. The van der Waals surface area contributed by atoms with Crippen molar-refractivity contribution in [2.24, 2.45) is 5.92 Å². The van der Waals surface area contributed by atoms with Gasteiger partial charge in [0.25, 0.3) is 5.91 Å². The van der Waals surface area contributed by atoms with Gasteiger partial charge in [-0.1, -0.05) is 25.3 Å². The Morgan fingerprint density at radius 3 is 2.77 bits per heavy atom. The zero-order chi connectivity index (χ0) is 21.8. The number of carbonyl (C=O) groups excluding carboxylic acids is 2. The minimum absolute atomic E-state index is 0.138. The number of carbonyl (C=O) groups is 2. The molecule has 1 aromatic rings. The van der Waals surface area contributed by atoms with Gasteiger partial charge in [-0.3, -0.25) is 9.59 Å². The standard InChI is InChI=1S/C24H35N5O2/c1-24(2)23(31)25-13-14-29(24)22(30)19-16-27-21(26-15-17-9-5-3-6-10-17)20(28-19)18-11-7-4-8-12-18/h11,16-17H,3-10,12-15H2,1-2H3,(H,25,31)(H,26,27). The zero-order valence-electron chi connectivity index (χ0n) is 18.9. The molecule has 7 heteroatoms. The highest BCUT2D eigenvalue weighted by Crippen LogP contribution is 2.31. The van der Waals surface area contributed by atoms with Crippen LogP contribution in [-0.2, 0) is 4.79 Å². The maximum Gasteiger partial charge on any atom is 0.275 e. The van der Waals surface area contributed by atoms with E-state index in [0.717, 1.165) is 37.3 Å². The molecule has 0 bridgehead atoms. The lowest BCUT2D eigenvalue weighted by Crippen LogP contribution is -2.63.